The van der Waals surface area contributed by atoms with Gasteiger partial charge in [0.2, 0.25) is 11.3 Å². The summed E-state index contributed by atoms with van der Waals surface area (Å²) < 4.78 is 40.4. The molecule has 3 aromatic rings. The highest BCUT2D eigenvalue weighted by atomic mass is 19.4. The average molecular weight is 456 g/mol. The normalized spacial score (nSPS) is 13.5. The van der Waals surface area contributed by atoms with E-state index in [4.69, 9.17) is 0 Å². The second-order valence-corrected chi connectivity index (χ2v) is 7.76. The van der Waals surface area contributed by atoms with Crippen molar-refractivity contribution in [2.75, 3.05) is 10.6 Å². The lowest BCUT2D eigenvalue weighted by atomic mass is 10.2. The third-order valence-corrected chi connectivity index (χ3v) is 5.08. The molecule has 0 atom stereocenters. The van der Waals surface area contributed by atoms with Crippen LogP contribution < -0.4 is 16.1 Å². The Balaban J connectivity index is 1.60. The van der Waals surface area contributed by atoms with Crippen LogP contribution in [0, 0.1) is 12.8 Å². The van der Waals surface area contributed by atoms with Crippen molar-refractivity contribution in [2.24, 2.45) is 5.92 Å². The quantitative estimate of drug-likeness (QED) is 0.603. The van der Waals surface area contributed by atoms with Crippen LogP contribution in [0.2, 0.25) is 0 Å². The van der Waals surface area contributed by atoms with Gasteiger partial charge in [0.25, 0.3) is 5.91 Å². The van der Waals surface area contributed by atoms with Crippen molar-refractivity contribution >= 4 is 23.2 Å². The maximum absolute atomic E-state index is 13.1. The predicted octanol–water partition coefficient (Wildman–Crippen LogP) is 4.16. The van der Waals surface area contributed by atoms with Crippen molar-refractivity contribution in [3.05, 3.63) is 81.8 Å². The number of alkyl halides is 3. The minimum absolute atomic E-state index is 0.00863. The van der Waals surface area contributed by atoms with Crippen LogP contribution >= 0.6 is 0 Å². The molecule has 0 unspecified atom stereocenters. The number of carbonyl (C=O) groups excluding carboxylic acids is 2. The molecule has 170 valence electrons. The van der Waals surface area contributed by atoms with E-state index < -0.39 is 28.8 Å². The number of halogens is 3. The molecule has 0 aliphatic heterocycles. The van der Waals surface area contributed by atoms with Gasteiger partial charge in [-0.05, 0) is 56.2 Å². The smallest absolute Gasteiger partial charge is 0.326 e. The molecule has 1 saturated carbocycles. The Labute approximate surface area is 186 Å². The molecule has 1 fully saturated rings. The van der Waals surface area contributed by atoms with Gasteiger partial charge in [0.1, 0.15) is 0 Å². The summed E-state index contributed by atoms with van der Waals surface area (Å²) in [6.07, 6.45) is -2.86. The van der Waals surface area contributed by atoms with E-state index in [1.54, 1.807) is 18.2 Å². The molecule has 7 nitrogen and oxygen atoms in total. The molecule has 0 saturated heterocycles. The van der Waals surface area contributed by atoms with Crippen molar-refractivity contribution in [1.29, 1.82) is 0 Å². The van der Waals surface area contributed by atoms with Crippen molar-refractivity contribution in [1.82, 2.24) is 9.78 Å². The number of hydrogen-bond donors (Lipinski definition) is 2. The lowest BCUT2D eigenvalue weighted by molar-refractivity contribution is -0.137. The molecule has 0 bridgehead atoms. The molecular formula is C23H19F3N4O3. The van der Waals surface area contributed by atoms with Gasteiger partial charge in [-0.3, -0.25) is 14.4 Å². The molecular weight excluding hydrogens is 437 g/mol. The number of nitrogens with zero attached hydrogens (tertiary/aromatic N) is 2. The number of nitrogens with one attached hydrogen (secondary N) is 2. The Kier molecular flexibility index (Phi) is 5.75. The third-order valence-electron chi connectivity index (χ3n) is 5.08. The van der Waals surface area contributed by atoms with Gasteiger partial charge in [-0.2, -0.15) is 18.3 Å². The number of anilines is 2. The molecule has 2 amide bonds. The molecule has 0 radical (unpaired) electrons. The van der Waals surface area contributed by atoms with E-state index in [0.717, 1.165) is 35.7 Å². The second kappa shape index (κ2) is 8.53. The fourth-order valence-electron chi connectivity index (χ4n) is 3.23. The van der Waals surface area contributed by atoms with E-state index in [1.165, 1.54) is 25.1 Å². The number of rotatable bonds is 5. The van der Waals surface area contributed by atoms with Crippen molar-refractivity contribution in [3.63, 3.8) is 0 Å². The summed E-state index contributed by atoms with van der Waals surface area (Å²) in [6.45, 7) is 1.50. The Bertz CT molecular complexity index is 1300. The molecule has 1 aliphatic rings. The minimum atomic E-state index is -4.55. The summed E-state index contributed by atoms with van der Waals surface area (Å²) in [4.78, 5) is 37.1. The van der Waals surface area contributed by atoms with Crippen LogP contribution in [0.25, 0.3) is 5.69 Å². The van der Waals surface area contributed by atoms with Crippen LogP contribution in [0.3, 0.4) is 0 Å². The maximum atomic E-state index is 13.1. The molecule has 1 heterocycles. The van der Waals surface area contributed by atoms with Gasteiger partial charge in [-0.15, -0.1) is 0 Å². The summed E-state index contributed by atoms with van der Waals surface area (Å²) in [7, 11) is 0. The summed E-state index contributed by atoms with van der Waals surface area (Å²) >= 11 is 0. The monoisotopic (exact) mass is 456 g/mol. The fourth-order valence-corrected chi connectivity index (χ4v) is 3.23. The highest BCUT2D eigenvalue weighted by Crippen LogP contribution is 2.31. The summed E-state index contributed by atoms with van der Waals surface area (Å²) in [5.74, 6) is -0.914. The van der Waals surface area contributed by atoms with Gasteiger partial charge < -0.3 is 10.6 Å². The first-order valence-corrected chi connectivity index (χ1v) is 10.1. The fraction of sp³-hybridized carbons (Fsp3) is 0.217. The van der Waals surface area contributed by atoms with Crippen LogP contribution in [0.4, 0.5) is 24.5 Å². The van der Waals surface area contributed by atoms with Gasteiger partial charge >= 0.3 is 6.18 Å². The van der Waals surface area contributed by atoms with Crippen LogP contribution in [-0.4, -0.2) is 21.6 Å². The maximum Gasteiger partial charge on any atom is 0.416 e. The average Bonchev–Trinajstić information content (AvgIpc) is 3.59. The predicted molar refractivity (Wildman–Crippen MR) is 115 cm³/mol. The van der Waals surface area contributed by atoms with Gasteiger partial charge in [-0.1, -0.05) is 12.1 Å². The Morgan fingerprint density at radius 3 is 2.33 bits per heavy atom. The number of aromatic nitrogens is 2. The van der Waals surface area contributed by atoms with Crippen molar-refractivity contribution < 1.29 is 22.8 Å². The lowest BCUT2D eigenvalue weighted by Crippen LogP contribution is -2.27. The SMILES string of the molecule is Cc1cc(=O)c(C(=O)Nc2cccc(NC(=O)C3CC3)c2)nn1-c1cccc(C(F)(F)F)c1. The molecule has 4 rings (SSSR count). The summed E-state index contributed by atoms with van der Waals surface area (Å²) in [5, 5.41) is 9.32. The van der Waals surface area contributed by atoms with E-state index >= 15 is 0 Å². The zero-order valence-corrected chi connectivity index (χ0v) is 17.4. The Morgan fingerprint density at radius 1 is 1.00 bits per heavy atom. The van der Waals surface area contributed by atoms with Gasteiger partial charge in [0.15, 0.2) is 5.69 Å². The van der Waals surface area contributed by atoms with Crippen LogP contribution in [0.5, 0.6) is 0 Å². The molecule has 2 aromatic carbocycles. The van der Waals surface area contributed by atoms with Crippen molar-refractivity contribution in [3.8, 4) is 5.69 Å². The van der Waals surface area contributed by atoms with E-state index in [9.17, 15) is 27.6 Å². The highest BCUT2D eigenvalue weighted by molar-refractivity contribution is 6.03. The lowest BCUT2D eigenvalue weighted by Gasteiger charge is -2.14. The Hall–Kier alpha value is -3.95. The Morgan fingerprint density at radius 2 is 1.67 bits per heavy atom. The van der Waals surface area contributed by atoms with Crippen molar-refractivity contribution in [2.45, 2.75) is 25.9 Å². The molecule has 2 N–H and O–H groups in total. The molecule has 10 heteroatoms. The first-order chi connectivity index (χ1) is 15.6. The topological polar surface area (TPSA) is 93.1 Å². The van der Waals surface area contributed by atoms with Crippen LogP contribution in [0.1, 0.15) is 34.6 Å². The van der Waals surface area contributed by atoms with E-state index in [0.29, 0.717) is 11.4 Å². The number of hydrogen-bond acceptors (Lipinski definition) is 4. The number of benzene rings is 2. The standard InChI is InChI=1S/C23H19F3N4O3/c1-13-10-19(31)20(29-30(13)18-7-2-4-15(11-18)23(24,25)26)22(33)28-17-6-3-5-16(12-17)27-21(32)14-8-9-14/h2-7,10-12,14H,8-9H2,1H3,(H,27,32)(H,28,33). The summed E-state index contributed by atoms with van der Waals surface area (Å²) in [5.41, 5.74) is -0.904. The zero-order valence-electron chi connectivity index (χ0n) is 17.4. The van der Waals surface area contributed by atoms with Crippen LogP contribution in [0.15, 0.2) is 59.4 Å². The van der Waals surface area contributed by atoms with Gasteiger partial charge in [0.05, 0.1) is 11.3 Å². The molecule has 33 heavy (non-hydrogen) atoms. The number of aryl methyl sites for hydroxylation is 1. The number of amides is 2. The summed E-state index contributed by atoms with van der Waals surface area (Å²) in [6, 6.07) is 12.0. The van der Waals surface area contributed by atoms with E-state index in [1.807, 2.05) is 0 Å². The van der Waals surface area contributed by atoms with Gasteiger partial charge in [-0.25, -0.2) is 4.68 Å². The molecule has 0 spiro atoms. The first kappa shape index (κ1) is 22.3. The number of carbonyl (C=O) groups is 2. The second-order valence-electron chi connectivity index (χ2n) is 7.76. The first-order valence-electron chi connectivity index (χ1n) is 10.1. The van der Waals surface area contributed by atoms with Crippen LogP contribution in [-0.2, 0) is 11.0 Å². The third kappa shape index (κ3) is 5.11. The largest absolute Gasteiger partial charge is 0.416 e. The van der Waals surface area contributed by atoms with E-state index in [2.05, 4.69) is 15.7 Å². The molecule has 1 aliphatic carbocycles. The highest BCUT2D eigenvalue weighted by Gasteiger charge is 2.31. The molecule has 1 aromatic heterocycles. The van der Waals surface area contributed by atoms with Gasteiger partial charge in [0, 0.05) is 29.1 Å². The minimum Gasteiger partial charge on any atom is -0.326 e. The zero-order chi connectivity index (χ0) is 23.8. The van der Waals surface area contributed by atoms with E-state index in [-0.39, 0.29) is 23.2 Å².